The van der Waals surface area contributed by atoms with Crippen LogP contribution in [0.4, 0.5) is 26.3 Å². The van der Waals surface area contributed by atoms with E-state index in [2.05, 4.69) is 88.9 Å². The first-order valence-corrected chi connectivity index (χ1v) is 33.3. The van der Waals surface area contributed by atoms with Crippen molar-refractivity contribution in [3.05, 3.63) is 11.7 Å². The molecule has 0 aromatic carbocycles. The number of ketones is 1. The van der Waals surface area contributed by atoms with Crippen molar-refractivity contribution in [1.82, 2.24) is 0 Å². The van der Waals surface area contributed by atoms with E-state index >= 15 is 0 Å². The summed E-state index contributed by atoms with van der Waals surface area (Å²) < 4.78 is 121. The molecular formula is C54H104ClF6LiO18Si2. The van der Waals surface area contributed by atoms with Gasteiger partial charge in [0.1, 0.15) is 17.0 Å². The maximum atomic E-state index is 13.1. The molecule has 4 unspecified atom stereocenters. The topological polar surface area (TPSA) is 274 Å². The fourth-order valence-electron chi connectivity index (χ4n) is 6.77. The van der Waals surface area contributed by atoms with E-state index in [4.69, 9.17) is 44.3 Å². The number of rotatable bonds is 12. The summed E-state index contributed by atoms with van der Waals surface area (Å²) in [6.07, 6.45) is -0.639. The maximum absolute atomic E-state index is 13.1. The Hall–Kier alpha value is -2.20. The number of carboxylic acids is 1. The fraction of sp³-hybridized carbons (Fsp3) is 0.889. The molecule has 6 N–H and O–H groups in total. The minimum absolute atomic E-state index is 0. The largest absolute Gasteiger partial charge is 1.00 e. The second-order valence-corrected chi connectivity index (χ2v) is 35.5. The van der Waals surface area contributed by atoms with Gasteiger partial charge in [0.25, 0.3) is 8.32 Å². The quantitative estimate of drug-likeness (QED) is 0.0541. The van der Waals surface area contributed by atoms with Gasteiger partial charge in [0, 0.05) is 86.2 Å². The average molecular weight is 1250 g/mol. The molecule has 3 saturated carbocycles. The van der Waals surface area contributed by atoms with Crippen LogP contribution >= 0.6 is 11.1 Å². The molecule has 4 fully saturated rings. The van der Waals surface area contributed by atoms with Gasteiger partial charge in [0.15, 0.2) is 30.4 Å². The predicted octanol–water partition coefficient (Wildman–Crippen LogP) is 8.79. The Kier molecular flexibility index (Phi) is 42.3. The van der Waals surface area contributed by atoms with Crippen molar-refractivity contribution in [2.24, 2.45) is 0 Å². The van der Waals surface area contributed by atoms with Crippen LogP contribution in [0.5, 0.6) is 0 Å². The number of allylic oxidation sites excluding steroid dienone is 1. The fourth-order valence-corrected chi connectivity index (χ4v) is 7.76. The Balaban J connectivity index is -0.000000210. The molecule has 0 aromatic rings. The number of aliphatic hydroxyl groups is 2. The summed E-state index contributed by atoms with van der Waals surface area (Å²) in [4.78, 5) is 43.5. The third kappa shape index (κ3) is 30.9. The number of alkyl halides is 6. The van der Waals surface area contributed by atoms with E-state index in [1.165, 1.54) is 55.1 Å². The SMILES string of the molecule is CC(C)(C)[Si](C)(C)Cl.CC1CCCO1.COC(=O)C(C)(OC)C1(O)CCC(F)(F)CC1.COC(=O)C(C)OC.COC(C)(C(=O)O)C1(O)CCC(F)(F)CC1.COC(C)=C(OC)O[Si](C)(C)C(C)(C)C.O.O=C1CCC(F)(F)CC1.[Li+].[OH-]. The van der Waals surface area contributed by atoms with Gasteiger partial charge in [-0.1, -0.05) is 54.6 Å². The van der Waals surface area contributed by atoms with Crippen molar-refractivity contribution in [3.8, 4) is 0 Å². The molecule has 4 atom stereocenters. The number of carbonyl (C=O) groups excluding carboxylic acids is 3. The number of esters is 2. The van der Waals surface area contributed by atoms with Gasteiger partial charge in [-0.15, -0.1) is 0 Å². The van der Waals surface area contributed by atoms with E-state index in [-0.39, 0.29) is 98.0 Å². The summed E-state index contributed by atoms with van der Waals surface area (Å²) in [6, 6.07) is 0. The third-order valence-corrected chi connectivity index (χ3v) is 25.1. The Morgan fingerprint density at radius 1 is 0.659 bits per heavy atom. The van der Waals surface area contributed by atoms with Crippen LogP contribution in [0.3, 0.4) is 0 Å². The second-order valence-electron chi connectivity index (χ2n) is 23.5. The van der Waals surface area contributed by atoms with Gasteiger partial charge >= 0.3 is 42.7 Å². The molecule has 0 bridgehead atoms. The number of carbonyl (C=O) groups is 4. The molecule has 3 aliphatic carbocycles. The minimum Gasteiger partial charge on any atom is -0.870 e. The Morgan fingerprint density at radius 2 is 1.02 bits per heavy atom. The zero-order valence-electron chi connectivity index (χ0n) is 53.5. The monoisotopic (exact) mass is 1250 g/mol. The molecule has 0 radical (unpaired) electrons. The standard InChI is InChI=1S/C11H18F2O4.C11H24O3Si.C10H16F2O4.C6H15ClSi.C6H8F2O.C5H10O3.C5H10O.Li.2H2O/c1-9(17-3,8(14)16-2)10(15)4-6-11(12,13)7-5-10;1-9(12-5)10(13-6)14-15(7,8)11(2,3)4;1-8(16-2,7(13)14)9(15)3-5-10(11,12)6-4-9;1-6(2,3)8(4,5)7;7-6(8)3-1-5(9)2-4-6;1-4(7-2)5(6)8-3;1-5-3-2-4-6-5;;;/h15H,4-7H2,1-3H3;1-8H3;15H,3-6H2,1-2H3,(H,13,14);1-5H3;1-4H2;4H,1-3H3;5H,2-4H2,1H3;;2*1H2/q;;;;;;;+1;;/p-1. The Morgan fingerprint density at radius 3 is 1.23 bits per heavy atom. The number of hydrogen-bond donors (Lipinski definition) is 3. The normalized spacial score (nSPS) is 21.4. The number of aliphatic carboxylic acids is 1. The van der Waals surface area contributed by atoms with Crippen LogP contribution in [0.2, 0.25) is 36.3 Å². The van der Waals surface area contributed by atoms with Crippen molar-refractivity contribution >= 4 is 50.5 Å². The molecule has 4 aliphatic rings. The van der Waals surface area contributed by atoms with E-state index in [1.54, 1.807) is 21.1 Å². The molecule has 82 heavy (non-hydrogen) atoms. The second kappa shape index (κ2) is 38.2. The van der Waals surface area contributed by atoms with E-state index in [9.17, 15) is 55.7 Å². The molecule has 0 spiro atoms. The van der Waals surface area contributed by atoms with Crippen LogP contribution < -0.4 is 18.9 Å². The summed E-state index contributed by atoms with van der Waals surface area (Å²) in [5.74, 6) is -9.44. The molecule has 0 amide bonds. The summed E-state index contributed by atoms with van der Waals surface area (Å²) in [7, 11) is 6.36. The summed E-state index contributed by atoms with van der Waals surface area (Å²) in [5, 5.41) is 30.0. The minimum atomic E-state index is -2.82. The van der Waals surface area contributed by atoms with E-state index in [0.29, 0.717) is 22.8 Å². The number of carboxylic acid groups (broad SMARTS) is 1. The zero-order chi connectivity index (χ0) is 63.1. The number of halogens is 7. The molecule has 1 saturated heterocycles. The number of Topliss-reactive ketones (excluding diaryl/α,β-unsaturated/α-hetero) is 1. The van der Waals surface area contributed by atoms with Gasteiger partial charge in [0.05, 0.1) is 34.5 Å². The molecular weight excluding hydrogens is 1150 g/mol. The van der Waals surface area contributed by atoms with Crippen LogP contribution in [0.15, 0.2) is 11.7 Å². The molecule has 18 nitrogen and oxygen atoms in total. The van der Waals surface area contributed by atoms with Crippen molar-refractivity contribution < 1.29 is 133 Å². The molecule has 0 aromatic heterocycles. The van der Waals surface area contributed by atoms with Gasteiger partial charge in [-0.3, -0.25) is 4.79 Å². The van der Waals surface area contributed by atoms with Gasteiger partial charge < -0.3 is 68.6 Å². The predicted molar refractivity (Wildman–Crippen MR) is 302 cm³/mol. The first-order chi connectivity index (χ1) is 35.5. The number of hydrogen-bond acceptors (Lipinski definition) is 16. The van der Waals surface area contributed by atoms with Gasteiger partial charge in [-0.2, -0.15) is 11.1 Å². The summed E-state index contributed by atoms with van der Waals surface area (Å²) >= 11 is 6.15. The summed E-state index contributed by atoms with van der Waals surface area (Å²) in [6.45, 7) is 31.0. The van der Waals surface area contributed by atoms with Gasteiger partial charge in [-0.05, 0) is 89.4 Å². The van der Waals surface area contributed by atoms with Crippen LogP contribution in [0.25, 0.3) is 0 Å². The van der Waals surface area contributed by atoms with Crippen LogP contribution in [0, 0.1) is 0 Å². The smallest absolute Gasteiger partial charge is 0.870 e. The van der Waals surface area contributed by atoms with Gasteiger partial charge in [0.2, 0.25) is 17.8 Å². The van der Waals surface area contributed by atoms with Crippen molar-refractivity contribution in [1.29, 1.82) is 0 Å². The summed E-state index contributed by atoms with van der Waals surface area (Å²) in [5.41, 5.74) is -6.81. The molecule has 486 valence electrons. The molecule has 28 heteroatoms. The average Bonchev–Trinajstić information content (AvgIpc) is 3.85. The van der Waals surface area contributed by atoms with E-state index in [1.807, 2.05) is 6.92 Å². The van der Waals surface area contributed by atoms with Crippen LogP contribution in [-0.4, -0.2) is 174 Å². The molecule has 1 aliphatic heterocycles. The van der Waals surface area contributed by atoms with Crippen molar-refractivity contribution in [2.75, 3.05) is 56.4 Å². The maximum Gasteiger partial charge on any atom is 1.00 e. The first kappa shape index (κ1) is 91.0. The van der Waals surface area contributed by atoms with Crippen LogP contribution in [0.1, 0.15) is 166 Å². The van der Waals surface area contributed by atoms with E-state index in [0.717, 1.165) is 13.7 Å². The number of methoxy groups -OCH3 is 7. The molecule has 4 rings (SSSR count). The van der Waals surface area contributed by atoms with Gasteiger partial charge in [-0.25, -0.2) is 40.7 Å². The number of ether oxygens (including phenoxy) is 8. The van der Waals surface area contributed by atoms with Crippen molar-refractivity contribution in [3.63, 3.8) is 0 Å². The Labute approximate surface area is 504 Å². The first-order valence-electron chi connectivity index (χ1n) is 26.4. The van der Waals surface area contributed by atoms with E-state index < -0.39 is 99.6 Å². The Bertz CT molecular complexity index is 1840. The third-order valence-electron chi connectivity index (χ3n) is 15.5. The van der Waals surface area contributed by atoms with Crippen molar-refractivity contribution in [2.45, 2.75) is 255 Å². The molecule has 1 heterocycles. The van der Waals surface area contributed by atoms with Crippen LogP contribution in [-0.2, 0) is 61.5 Å². The zero-order valence-corrected chi connectivity index (χ0v) is 56.3.